The van der Waals surface area contributed by atoms with E-state index in [-0.39, 0.29) is 46.4 Å². The van der Waals surface area contributed by atoms with E-state index in [0.29, 0.717) is 36.6 Å². The van der Waals surface area contributed by atoms with Crippen molar-refractivity contribution in [1.29, 1.82) is 0 Å². The summed E-state index contributed by atoms with van der Waals surface area (Å²) in [6.45, 7) is 19.4. The Morgan fingerprint density at radius 3 is 2.37 bits per heavy atom. The van der Waals surface area contributed by atoms with Gasteiger partial charge in [-0.1, -0.05) is 53.6 Å². The van der Waals surface area contributed by atoms with Gasteiger partial charge in [0.15, 0.2) is 5.78 Å². The van der Waals surface area contributed by atoms with Crippen molar-refractivity contribution in [3.8, 4) is 17.2 Å². The third kappa shape index (κ3) is 6.67. The molecule has 8 atom stereocenters. The van der Waals surface area contributed by atoms with Gasteiger partial charge in [0, 0.05) is 12.0 Å². The fourth-order valence-corrected chi connectivity index (χ4v) is 11.5. The molecular weight excluding hydrogens is 682 g/mol. The van der Waals surface area contributed by atoms with Gasteiger partial charge >= 0.3 is 18.0 Å². The van der Waals surface area contributed by atoms with Crippen LogP contribution >= 0.6 is 0 Å². The Bertz CT molecular complexity index is 1780. The minimum atomic E-state index is -1.16. The monoisotopic (exact) mass is 745 g/mol. The number of hydrogen-bond donors (Lipinski definition) is 2. The van der Waals surface area contributed by atoms with Crippen LogP contribution in [0.15, 0.2) is 39.8 Å². The van der Waals surface area contributed by atoms with E-state index in [0.717, 1.165) is 68.3 Å². The molecule has 1 aromatic carbocycles. The average molecular weight is 746 g/mol. The summed E-state index contributed by atoms with van der Waals surface area (Å²) in [5.74, 6) is 1.29. The van der Waals surface area contributed by atoms with Crippen molar-refractivity contribution in [2.45, 2.75) is 145 Å². The normalized spacial score (nSPS) is 32.8. The van der Waals surface area contributed by atoms with Crippen molar-refractivity contribution in [3.63, 3.8) is 0 Å². The lowest BCUT2D eigenvalue weighted by molar-refractivity contribution is -0.183. The number of nitrogens with zero attached hydrogens (tertiary/aromatic N) is 2. The zero-order chi connectivity index (χ0) is 39.4. The van der Waals surface area contributed by atoms with Crippen molar-refractivity contribution in [2.24, 2.45) is 45.3 Å². The topological polar surface area (TPSA) is 141 Å². The average Bonchev–Trinajstić information content (AvgIpc) is 3.70. The number of hydrogen-bond acceptors (Lipinski definition) is 9. The number of anilines is 1. The summed E-state index contributed by atoms with van der Waals surface area (Å²) in [4.78, 5) is 38.6. The lowest BCUT2D eigenvalue weighted by Gasteiger charge is -2.69. The van der Waals surface area contributed by atoms with Gasteiger partial charge in [0.2, 0.25) is 5.89 Å². The third-order valence-electron chi connectivity index (χ3n) is 15.2. The van der Waals surface area contributed by atoms with Crippen molar-refractivity contribution >= 4 is 23.7 Å². The van der Waals surface area contributed by atoms with E-state index in [9.17, 15) is 19.5 Å². The number of aliphatic carboxylic acids is 1. The van der Waals surface area contributed by atoms with Gasteiger partial charge in [-0.05, 0) is 147 Å². The predicted molar refractivity (Wildman–Crippen MR) is 208 cm³/mol. The third-order valence-corrected chi connectivity index (χ3v) is 15.2. The highest BCUT2D eigenvalue weighted by atomic mass is 16.5. The maximum atomic E-state index is 14.1. The Labute approximate surface area is 321 Å². The molecule has 0 bridgehead atoms. The predicted octanol–water partition coefficient (Wildman–Crippen LogP) is 9.69. The maximum absolute atomic E-state index is 14.1. The number of carboxylic acids is 1. The number of rotatable bonds is 13. The molecule has 1 heterocycles. The van der Waals surface area contributed by atoms with Gasteiger partial charge in [0.1, 0.15) is 11.9 Å². The lowest BCUT2D eigenvalue weighted by Crippen LogP contribution is -2.63. The molecule has 2 aromatic rings. The van der Waals surface area contributed by atoms with E-state index in [2.05, 4.69) is 57.1 Å². The number of methoxy groups -OCH3 is 1. The van der Waals surface area contributed by atoms with Crippen molar-refractivity contribution in [3.05, 3.63) is 35.4 Å². The van der Waals surface area contributed by atoms with E-state index in [1.54, 1.807) is 21.0 Å². The summed E-state index contributed by atoms with van der Waals surface area (Å²) >= 11 is 0. The second-order valence-electron chi connectivity index (χ2n) is 18.8. The highest BCUT2D eigenvalue weighted by molar-refractivity contribution is 6.02. The number of allylic oxidation sites excluding steroid dienone is 1. The standard InChI is InChI=1S/C44H63N3O7/c1-11-29(53-34(49)25-40(5,6)38(50)51)19-20-41(7)27(4)18-21-43(9)33(41)17-16-31-36-35(26(2)3)32(48)24-44(36,23-22-42(31,43)8)45-39-47-46-37(54-39)28-12-14-30(52-10)15-13-28/h12-15,26-27,29,31,33H,11,16-25H2,1-10H3,(H,45,47)(H,50,51)/t27-,29-,31-,33-,41+,42-,43-,44-/m1/s1. The number of carbonyl (C=O) groups excluding carboxylic acids is 2. The molecule has 2 N–H and O–H groups in total. The number of carbonyl (C=O) groups is 3. The largest absolute Gasteiger partial charge is 0.497 e. The smallest absolute Gasteiger partial charge is 0.316 e. The van der Waals surface area contributed by atoms with E-state index < -0.39 is 22.9 Å². The quantitative estimate of drug-likeness (QED) is 0.190. The Morgan fingerprint density at radius 1 is 1.04 bits per heavy atom. The first-order valence-electron chi connectivity index (χ1n) is 20.3. The summed E-state index contributed by atoms with van der Waals surface area (Å²) in [6, 6.07) is 7.89. The highest BCUT2D eigenvalue weighted by Gasteiger charge is 2.68. The van der Waals surface area contributed by atoms with Gasteiger partial charge in [-0.2, -0.15) is 0 Å². The number of ketones is 1. The minimum Gasteiger partial charge on any atom is -0.497 e. The molecule has 296 valence electrons. The second kappa shape index (κ2) is 14.4. The highest BCUT2D eigenvalue weighted by Crippen LogP contribution is 2.73. The molecule has 0 saturated heterocycles. The van der Waals surface area contributed by atoms with Gasteiger partial charge in [0.05, 0.1) is 24.5 Å². The molecule has 4 aliphatic rings. The van der Waals surface area contributed by atoms with E-state index in [4.69, 9.17) is 13.9 Å². The van der Waals surface area contributed by atoms with Gasteiger partial charge in [-0.15, -0.1) is 5.10 Å². The first-order chi connectivity index (χ1) is 25.3. The number of benzene rings is 1. The fourth-order valence-electron chi connectivity index (χ4n) is 11.5. The van der Waals surface area contributed by atoms with Crippen molar-refractivity contribution in [2.75, 3.05) is 12.4 Å². The molecule has 1 aromatic heterocycles. The van der Waals surface area contributed by atoms with Crippen LogP contribution < -0.4 is 10.1 Å². The summed E-state index contributed by atoms with van der Waals surface area (Å²) in [6.07, 6.45) is 8.57. The van der Waals surface area contributed by atoms with Crippen LogP contribution in [0.3, 0.4) is 0 Å². The van der Waals surface area contributed by atoms with Crippen LogP contribution in [0.25, 0.3) is 11.5 Å². The molecule has 3 saturated carbocycles. The van der Waals surface area contributed by atoms with Gasteiger partial charge in [-0.3, -0.25) is 14.4 Å². The van der Waals surface area contributed by atoms with Crippen LogP contribution in [0, 0.1) is 45.3 Å². The summed E-state index contributed by atoms with van der Waals surface area (Å²) in [7, 11) is 1.64. The zero-order valence-corrected chi connectivity index (χ0v) is 34.3. The molecule has 0 unspecified atom stereocenters. The van der Waals surface area contributed by atoms with Gasteiger partial charge in [-0.25, -0.2) is 0 Å². The Balaban J connectivity index is 1.26. The molecule has 0 radical (unpaired) electrons. The van der Waals surface area contributed by atoms with Crippen LogP contribution in [-0.4, -0.2) is 51.8 Å². The molecular formula is C44H63N3O7. The summed E-state index contributed by atoms with van der Waals surface area (Å²) in [5.41, 5.74) is 1.40. The van der Waals surface area contributed by atoms with Crippen LogP contribution in [0.1, 0.15) is 133 Å². The molecule has 0 aliphatic heterocycles. The van der Waals surface area contributed by atoms with Gasteiger partial charge in [0.25, 0.3) is 0 Å². The number of Topliss-reactive ketones (excluding diaryl/α,β-unsaturated/α-hetero) is 1. The molecule has 0 amide bonds. The molecule has 10 heteroatoms. The SMILES string of the molecule is CC[C@H](CC[C@@]1(C)[C@H](C)CC[C@]2(C)[C@@H]1CC[C@@H]1C3=C(C(C)C)C(=O)C[C@]3(Nc3nnc(-c4ccc(OC)cc4)o3)CC[C@]12C)OC(=O)CC(C)(C)C(=O)O. The summed E-state index contributed by atoms with van der Waals surface area (Å²) < 4.78 is 17.5. The first-order valence-corrected chi connectivity index (χ1v) is 20.3. The van der Waals surface area contributed by atoms with Gasteiger partial charge < -0.3 is 24.3 Å². The molecule has 54 heavy (non-hydrogen) atoms. The Morgan fingerprint density at radius 2 is 1.74 bits per heavy atom. The lowest BCUT2D eigenvalue weighted by atomic mass is 9.35. The van der Waals surface area contributed by atoms with Crippen molar-refractivity contribution in [1.82, 2.24) is 10.2 Å². The number of esters is 1. The van der Waals surface area contributed by atoms with Crippen LogP contribution in [-0.2, 0) is 19.1 Å². The number of fused-ring (bicyclic) bond motifs is 5. The minimum absolute atomic E-state index is 0.0231. The molecule has 4 aliphatic carbocycles. The maximum Gasteiger partial charge on any atom is 0.316 e. The number of carboxylic acid groups (broad SMARTS) is 1. The molecule has 10 nitrogen and oxygen atoms in total. The van der Waals surface area contributed by atoms with E-state index in [1.165, 1.54) is 5.57 Å². The number of ether oxygens (including phenoxy) is 2. The number of nitrogens with one attached hydrogen (secondary N) is 1. The summed E-state index contributed by atoms with van der Waals surface area (Å²) in [5, 5.41) is 22.1. The molecule has 0 spiro atoms. The van der Waals surface area contributed by atoms with E-state index >= 15 is 0 Å². The molecule has 3 fully saturated rings. The van der Waals surface area contributed by atoms with Crippen LogP contribution in [0.5, 0.6) is 5.75 Å². The fraction of sp³-hybridized carbons (Fsp3) is 0.705. The zero-order valence-electron chi connectivity index (χ0n) is 34.3. The second-order valence-corrected chi connectivity index (χ2v) is 18.8. The van der Waals surface area contributed by atoms with Crippen LogP contribution in [0.2, 0.25) is 0 Å². The first kappa shape index (κ1) is 40.0. The van der Waals surface area contributed by atoms with Crippen LogP contribution in [0.4, 0.5) is 6.01 Å². The number of aromatic nitrogens is 2. The Hall–Kier alpha value is -3.69. The van der Waals surface area contributed by atoms with E-state index in [1.807, 2.05) is 31.2 Å². The van der Waals surface area contributed by atoms with Crippen molar-refractivity contribution < 1.29 is 33.4 Å². The Kier molecular flexibility index (Phi) is 10.7. The molecule has 6 rings (SSSR count).